The van der Waals surface area contributed by atoms with Gasteiger partial charge in [-0.05, 0) is 23.3 Å². The van der Waals surface area contributed by atoms with Crippen LogP contribution >= 0.6 is 0 Å². The second-order valence-corrected chi connectivity index (χ2v) is 3.57. The Balaban J connectivity index is 0.000000771. The van der Waals surface area contributed by atoms with Gasteiger partial charge in [0.1, 0.15) is 0 Å². The molecule has 18 heavy (non-hydrogen) atoms. The molecular formula is C16H20N2. The molecular weight excluding hydrogens is 220 g/mol. The second-order valence-electron chi connectivity index (χ2n) is 3.57. The minimum absolute atomic E-state index is 0.850. The molecule has 0 aliphatic rings. The molecule has 0 saturated carbocycles. The van der Waals surface area contributed by atoms with Crippen LogP contribution in [0.15, 0.2) is 59.9 Å². The van der Waals surface area contributed by atoms with Crippen molar-refractivity contribution in [2.24, 2.45) is 4.99 Å². The molecule has 94 valence electrons. The summed E-state index contributed by atoms with van der Waals surface area (Å²) in [6.45, 7) is 4.00. The van der Waals surface area contributed by atoms with E-state index in [1.807, 2.05) is 63.6 Å². The molecule has 2 nitrogen and oxygen atoms in total. The average molecular weight is 240 g/mol. The number of aromatic nitrogens is 1. The molecule has 1 aromatic heterocycles. The summed E-state index contributed by atoms with van der Waals surface area (Å²) in [5, 5.41) is 0. The first-order chi connectivity index (χ1) is 8.90. The van der Waals surface area contributed by atoms with Gasteiger partial charge in [-0.15, -0.1) is 0 Å². The Morgan fingerprint density at radius 1 is 1.00 bits per heavy atom. The molecule has 0 unspecified atom stereocenters. The summed E-state index contributed by atoms with van der Waals surface area (Å²) in [6, 6.07) is 14.3. The van der Waals surface area contributed by atoms with E-state index in [1.165, 1.54) is 11.1 Å². The van der Waals surface area contributed by atoms with Crippen LogP contribution in [-0.4, -0.2) is 17.7 Å². The van der Waals surface area contributed by atoms with E-state index in [2.05, 4.69) is 22.1 Å². The highest BCUT2D eigenvalue weighted by atomic mass is 14.7. The highest BCUT2D eigenvalue weighted by molar-refractivity contribution is 6.01. The first-order valence-corrected chi connectivity index (χ1v) is 6.30. The van der Waals surface area contributed by atoms with Gasteiger partial charge in [0, 0.05) is 31.6 Å². The molecule has 0 atom stereocenters. The van der Waals surface area contributed by atoms with Crippen molar-refractivity contribution in [1.82, 2.24) is 4.98 Å². The molecule has 0 N–H and O–H groups in total. The van der Waals surface area contributed by atoms with E-state index in [0.29, 0.717) is 0 Å². The maximum atomic E-state index is 4.35. The Bertz CT molecular complexity index is 461. The highest BCUT2D eigenvalue weighted by Gasteiger charge is 2.02. The highest BCUT2D eigenvalue weighted by Crippen LogP contribution is 2.07. The van der Waals surface area contributed by atoms with E-state index in [4.69, 9.17) is 0 Å². The van der Waals surface area contributed by atoms with Gasteiger partial charge >= 0.3 is 0 Å². The molecule has 1 heterocycles. The second kappa shape index (κ2) is 8.18. The monoisotopic (exact) mass is 240 g/mol. The summed E-state index contributed by atoms with van der Waals surface area (Å²) in [7, 11) is 1.84. The van der Waals surface area contributed by atoms with E-state index in [0.717, 1.165) is 12.1 Å². The molecule has 0 amide bonds. The normalized spacial score (nSPS) is 10.5. The smallest absolute Gasteiger partial charge is 0.0460 e. The minimum Gasteiger partial charge on any atom is -0.292 e. The molecule has 2 rings (SSSR count). The number of rotatable bonds is 3. The van der Waals surface area contributed by atoms with Gasteiger partial charge < -0.3 is 0 Å². The first-order valence-electron chi connectivity index (χ1n) is 6.30. The fourth-order valence-corrected chi connectivity index (χ4v) is 1.63. The van der Waals surface area contributed by atoms with Gasteiger partial charge in [-0.1, -0.05) is 44.2 Å². The third kappa shape index (κ3) is 4.13. The molecule has 0 spiro atoms. The van der Waals surface area contributed by atoms with Crippen LogP contribution in [0, 0.1) is 0 Å². The van der Waals surface area contributed by atoms with Gasteiger partial charge in [-0.25, -0.2) is 0 Å². The van der Waals surface area contributed by atoms with E-state index in [1.54, 1.807) is 0 Å². The maximum Gasteiger partial charge on any atom is 0.0460 e. The molecule has 0 aliphatic heterocycles. The lowest BCUT2D eigenvalue weighted by molar-refractivity contribution is 1.22. The van der Waals surface area contributed by atoms with Crippen LogP contribution in [0.1, 0.15) is 25.0 Å². The molecule has 0 aliphatic carbocycles. The van der Waals surface area contributed by atoms with Crippen molar-refractivity contribution >= 4 is 5.71 Å². The van der Waals surface area contributed by atoms with Crippen LogP contribution in [0.25, 0.3) is 0 Å². The quantitative estimate of drug-likeness (QED) is 0.750. The fourth-order valence-electron chi connectivity index (χ4n) is 1.63. The summed E-state index contributed by atoms with van der Waals surface area (Å²) >= 11 is 0. The van der Waals surface area contributed by atoms with Crippen LogP contribution in [0.4, 0.5) is 0 Å². The fraction of sp³-hybridized carbons (Fsp3) is 0.250. The third-order valence-electron chi connectivity index (χ3n) is 2.50. The standard InChI is InChI=1S/C14H14N2.C2H6/c1-15-14(13-5-3-2-4-6-13)11-12-7-9-16-10-8-12;1-2/h2-10H,11H2,1H3;1-2H3. The molecule has 0 bridgehead atoms. The van der Waals surface area contributed by atoms with Gasteiger partial charge in [0.15, 0.2) is 0 Å². The number of hydrogen-bond donors (Lipinski definition) is 0. The first kappa shape index (κ1) is 14.1. The Kier molecular flexibility index (Phi) is 6.41. The Labute approximate surface area is 109 Å². The van der Waals surface area contributed by atoms with Crippen molar-refractivity contribution in [2.75, 3.05) is 7.05 Å². The van der Waals surface area contributed by atoms with Crippen molar-refractivity contribution in [3.8, 4) is 0 Å². The number of nitrogens with zero attached hydrogens (tertiary/aromatic N) is 2. The molecule has 2 aromatic rings. The van der Waals surface area contributed by atoms with E-state index >= 15 is 0 Å². The van der Waals surface area contributed by atoms with Gasteiger partial charge in [0.05, 0.1) is 0 Å². The van der Waals surface area contributed by atoms with Gasteiger partial charge in [0.2, 0.25) is 0 Å². The summed E-state index contributed by atoms with van der Waals surface area (Å²) in [5.41, 5.74) is 3.52. The lowest BCUT2D eigenvalue weighted by Gasteiger charge is -2.05. The number of aliphatic imine (C=N–C) groups is 1. The van der Waals surface area contributed by atoms with Gasteiger partial charge in [-0.2, -0.15) is 0 Å². The summed E-state index contributed by atoms with van der Waals surface area (Å²) in [5.74, 6) is 0. The predicted molar refractivity (Wildman–Crippen MR) is 78.2 cm³/mol. The van der Waals surface area contributed by atoms with Crippen molar-refractivity contribution in [2.45, 2.75) is 20.3 Å². The van der Waals surface area contributed by atoms with Crippen LogP contribution in [0.2, 0.25) is 0 Å². The number of hydrogen-bond acceptors (Lipinski definition) is 2. The predicted octanol–water partition coefficient (Wildman–Crippen LogP) is 3.77. The van der Waals surface area contributed by atoms with Crippen LogP contribution in [0.3, 0.4) is 0 Å². The zero-order valence-corrected chi connectivity index (χ0v) is 11.3. The lowest BCUT2D eigenvalue weighted by Crippen LogP contribution is -2.05. The Morgan fingerprint density at radius 2 is 1.61 bits per heavy atom. The SMILES string of the molecule is CC.CN=C(Cc1ccncc1)c1ccccc1. The van der Waals surface area contributed by atoms with Gasteiger partial charge in [-0.3, -0.25) is 9.98 Å². The number of benzene rings is 1. The van der Waals surface area contributed by atoms with Gasteiger partial charge in [0.25, 0.3) is 0 Å². The van der Waals surface area contributed by atoms with E-state index in [-0.39, 0.29) is 0 Å². The molecule has 0 saturated heterocycles. The largest absolute Gasteiger partial charge is 0.292 e. The molecule has 2 heteroatoms. The van der Waals surface area contributed by atoms with Crippen molar-refractivity contribution in [1.29, 1.82) is 0 Å². The summed E-state index contributed by atoms with van der Waals surface area (Å²) in [4.78, 5) is 8.36. The topological polar surface area (TPSA) is 25.2 Å². The summed E-state index contributed by atoms with van der Waals surface area (Å²) < 4.78 is 0. The average Bonchev–Trinajstić information content (AvgIpc) is 2.49. The van der Waals surface area contributed by atoms with Crippen molar-refractivity contribution in [3.63, 3.8) is 0 Å². The van der Waals surface area contributed by atoms with Crippen molar-refractivity contribution < 1.29 is 0 Å². The Hall–Kier alpha value is -1.96. The van der Waals surface area contributed by atoms with Crippen LogP contribution in [0.5, 0.6) is 0 Å². The van der Waals surface area contributed by atoms with Crippen LogP contribution < -0.4 is 0 Å². The zero-order chi connectivity index (χ0) is 13.2. The third-order valence-corrected chi connectivity index (χ3v) is 2.50. The molecule has 1 aromatic carbocycles. The van der Waals surface area contributed by atoms with E-state index < -0.39 is 0 Å². The van der Waals surface area contributed by atoms with Crippen LogP contribution in [-0.2, 0) is 6.42 Å². The maximum absolute atomic E-state index is 4.35. The molecule has 0 fully saturated rings. The summed E-state index contributed by atoms with van der Waals surface area (Å²) in [6.07, 6.45) is 4.48. The van der Waals surface area contributed by atoms with E-state index in [9.17, 15) is 0 Å². The Morgan fingerprint density at radius 3 is 2.17 bits per heavy atom. The number of pyridine rings is 1. The zero-order valence-electron chi connectivity index (χ0n) is 11.3. The minimum atomic E-state index is 0.850. The van der Waals surface area contributed by atoms with Crippen molar-refractivity contribution in [3.05, 3.63) is 66.0 Å². The lowest BCUT2D eigenvalue weighted by atomic mass is 10.0. The molecule has 0 radical (unpaired) electrons.